The van der Waals surface area contributed by atoms with E-state index in [2.05, 4.69) is 15.6 Å². The molecule has 0 radical (unpaired) electrons. The van der Waals surface area contributed by atoms with Gasteiger partial charge in [-0.3, -0.25) is 4.79 Å². The SMILES string of the molecule is Cc1ncc(-c2ccc(NCC3CCO3)c(NC(=O)CCl)c2)s1. The molecule has 23 heavy (non-hydrogen) atoms. The van der Waals surface area contributed by atoms with Crippen molar-refractivity contribution in [3.63, 3.8) is 0 Å². The largest absolute Gasteiger partial charge is 0.381 e. The summed E-state index contributed by atoms with van der Waals surface area (Å²) in [4.78, 5) is 17.0. The Labute approximate surface area is 144 Å². The summed E-state index contributed by atoms with van der Waals surface area (Å²) in [6.45, 7) is 3.52. The van der Waals surface area contributed by atoms with Crippen molar-refractivity contribution < 1.29 is 9.53 Å². The predicted octanol–water partition coefficient (Wildman–Crippen LogP) is 3.50. The number of hydrogen-bond acceptors (Lipinski definition) is 5. The number of nitrogens with zero attached hydrogens (tertiary/aromatic N) is 1. The van der Waals surface area contributed by atoms with Crippen LogP contribution in [0.2, 0.25) is 0 Å². The van der Waals surface area contributed by atoms with Crippen molar-refractivity contribution in [1.29, 1.82) is 0 Å². The van der Waals surface area contributed by atoms with E-state index in [9.17, 15) is 4.79 Å². The molecule has 0 aliphatic carbocycles. The Morgan fingerprint density at radius 3 is 2.91 bits per heavy atom. The summed E-state index contributed by atoms with van der Waals surface area (Å²) in [6, 6.07) is 5.93. The second-order valence-electron chi connectivity index (χ2n) is 5.35. The van der Waals surface area contributed by atoms with Crippen LogP contribution in [0.1, 0.15) is 11.4 Å². The van der Waals surface area contributed by atoms with Crippen molar-refractivity contribution >= 4 is 40.2 Å². The number of hydrogen-bond donors (Lipinski definition) is 2. The number of benzene rings is 1. The van der Waals surface area contributed by atoms with Crippen molar-refractivity contribution in [2.75, 3.05) is 29.7 Å². The van der Waals surface area contributed by atoms with Gasteiger partial charge >= 0.3 is 0 Å². The van der Waals surface area contributed by atoms with Gasteiger partial charge in [0.2, 0.25) is 5.91 Å². The minimum absolute atomic E-state index is 0.0743. The Bertz CT molecular complexity index is 700. The maximum atomic E-state index is 11.7. The van der Waals surface area contributed by atoms with Crippen molar-refractivity contribution in [3.05, 3.63) is 29.4 Å². The quantitative estimate of drug-likeness (QED) is 0.782. The predicted molar refractivity (Wildman–Crippen MR) is 94.5 cm³/mol. The fourth-order valence-corrected chi connectivity index (χ4v) is 3.14. The highest BCUT2D eigenvalue weighted by atomic mass is 35.5. The molecule has 7 heteroatoms. The Balaban J connectivity index is 1.83. The van der Waals surface area contributed by atoms with Gasteiger partial charge in [-0.2, -0.15) is 0 Å². The van der Waals surface area contributed by atoms with Crippen molar-refractivity contribution in [1.82, 2.24) is 4.98 Å². The van der Waals surface area contributed by atoms with E-state index in [1.54, 1.807) is 11.3 Å². The first-order chi connectivity index (χ1) is 11.2. The van der Waals surface area contributed by atoms with Crippen LogP contribution >= 0.6 is 22.9 Å². The second kappa shape index (κ2) is 7.29. The van der Waals surface area contributed by atoms with Crippen LogP contribution in [0, 0.1) is 6.92 Å². The molecule has 1 unspecified atom stereocenters. The third-order valence-electron chi connectivity index (χ3n) is 3.63. The van der Waals surface area contributed by atoms with E-state index in [-0.39, 0.29) is 17.9 Å². The van der Waals surface area contributed by atoms with Crippen LogP contribution in [-0.2, 0) is 9.53 Å². The topological polar surface area (TPSA) is 63.3 Å². The average Bonchev–Trinajstić information content (AvgIpc) is 2.93. The number of halogens is 1. The second-order valence-corrected chi connectivity index (χ2v) is 6.85. The van der Waals surface area contributed by atoms with E-state index in [0.717, 1.165) is 46.4 Å². The van der Waals surface area contributed by atoms with Gasteiger partial charge in [-0.1, -0.05) is 6.07 Å². The fourth-order valence-electron chi connectivity index (χ4n) is 2.30. The van der Waals surface area contributed by atoms with E-state index in [0.29, 0.717) is 0 Å². The first kappa shape index (κ1) is 16.2. The summed E-state index contributed by atoms with van der Waals surface area (Å²) in [7, 11) is 0. The van der Waals surface area contributed by atoms with Gasteiger partial charge in [0.1, 0.15) is 5.88 Å². The van der Waals surface area contributed by atoms with Gasteiger partial charge in [0.05, 0.1) is 27.4 Å². The van der Waals surface area contributed by atoms with Crippen LogP contribution in [-0.4, -0.2) is 36.0 Å². The van der Waals surface area contributed by atoms with Gasteiger partial charge in [-0.25, -0.2) is 4.98 Å². The maximum Gasteiger partial charge on any atom is 0.239 e. The van der Waals surface area contributed by atoms with Gasteiger partial charge < -0.3 is 15.4 Å². The van der Waals surface area contributed by atoms with Gasteiger partial charge in [-0.05, 0) is 31.0 Å². The molecule has 2 heterocycles. The highest BCUT2D eigenvalue weighted by Gasteiger charge is 2.18. The molecule has 1 fully saturated rings. The Kier molecular flexibility index (Phi) is 5.15. The summed E-state index contributed by atoms with van der Waals surface area (Å²) >= 11 is 7.23. The number of alkyl halides is 1. The smallest absolute Gasteiger partial charge is 0.239 e. The first-order valence-corrected chi connectivity index (χ1v) is 8.79. The third-order valence-corrected chi connectivity index (χ3v) is 4.84. The molecule has 0 spiro atoms. The Morgan fingerprint density at radius 2 is 2.30 bits per heavy atom. The molecule has 1 aromatic heterocycles. The lowest BCUT2D eigenvalue weighted by Gasteiger charge is -2.27. The summed E-state index contributed by atoms with van der Waals surface area (Å²) in [5.74, 6) is -0.304. The van der Waals surface area contributed by atoms with Crippen LogP contribution in [0.15, 0.2) is 24.4 Å². The number of carbonyl (C=O) groups is 1. The van der Waals surface area contributed by atoms with Gasteiger partial charge in [0.15, 0.2) is 0 Å². The molecule has 1 saturated heterocycles. The molecule has 1 aliphatic heterocycles. The summed E-state index contributed by atoms with van der Waals surface area (Å²) in [5, 5.41) is 7.19. The number of rotatable bonds is 6. The molecule has 3 rings (SSSR count). The number of nitrogens with one attached hydrogen (secondary N) is 2. The van der Waals surface area contributed by atoms with E-state index >= 15 is 0 Å². The number of ether oxygens (including phenoxy) is 1. The molecule has 122 valence electrons. The highest BCUT2D eigenvalue weighted by molar-refractivity contribution is 7.15. The summed E-state index contributed by atoms with van der Waals surface area (Å²) < 4.78 is 5.41. The third kappa shape index (κ3) is 4.02. The molecule has 0 bridgehead atoms. The molecule has 1 atom stereocenters. The lowest BCUT2D eigenvalue weighted by atomic mass is 10.1. The average molecular weight is 352 g/mol. The van der Waals surface area contributed by atoms with E-state index in [1.165, 1.54) is 0 Å². The van der Waals surface area contributed by atoms with E-state index in [4.69, 9.17) is 16.3 Å². The number of amides is 1. The molecule has 1 amide bonds. The van der Waals surface area contributed by atoms with Gasteiger partial charge in [0, 0.05) is 19.3 Å². The first-order valence-electron chi connectivity index (χ1n) is 7.44. The van der Waals surface area contributed by atoms with Crippen LogP contribution in [0.3, 0.4) is 0 Å². The standard InChI is InChI=1S/C16H18ClN3O2S/c1-10-18-9-15(23-10)11-2-3-13(19-8-12-4-5-22-12)14(6-11)20-16(21)7-17/h2-3,6,9,12,19H,4-5,7-8H2,1H3,(H,20,21). The molecule has 1 aromatic carbocycles. The van der Waals surface area contributed by atoms with Crippen molar-refractivity contribution in [3.8, 4) is 10.4 Å². The number of thiazole rings is 1. The molecular weight excluding hydrogens is 334 g/mol. The lowest BCUT2D eigenvalue weighted by Crippen LogP contribution is -2.33. The molecular formula is C16H18ClN3O2S. The zero-order valence-corrected chi connectivity index (χ0v) is 14.3. The zero-order valence-electron chi connectivity index (χ0n) is 12.8. The van der Waals surface area contributed by atoms with Crippen LogP contribution in [0.25, 0.3) is 10.4 Å². The number of aromatic nitrogens is 1. The molecule has 1 aliphatic rings. The minimum atomic E-state index is -0.229. The van der Waals surface area contributed by atoms with Crippen molar-refractivity contribution in [2.45, 2.75) is 19.4 Å². The summed E-state index contributed by atoms with van der Waals surface area (Å²) in [6.07, 6.45) is 3.15. The normalized spacial score (nSPS) is 16.7. The van der Waals surface area contributed by atoms with Gasteiger partial charge in [-0.15, -0.1) is 22.9 Å². The van der Waals surface area contributed by atoms with E-state index < -0.39 is 0 Å². The zero-order chi connectivity index (χ0) is 16.2. The van der Waals surface area contributed by atoms with Gasteiger partial charge in [0.25, 0.3) is 0 Å². The molecule has 0 saturated carbocycles. The number of aryl methyl sites for hydroxylation is 1. The molecule has 2 N–H and O–H groups in total. The molecule has 2 aromatic rings. The minimum Gasteiger partial charge on any atom is -0.381 e. The lowest BCUT2D eigenvalue weighted by molar-refractivity contribution is -0.113. The maximum absolute atomic E-state index is 11.7. The Morgan fingerprint density at radius 1 is 1.48 bits per heavy atom. The van der Waals surface area contributed by atoms with Crippen LogP contribution < -0.4 is 10.6 Å². The summed E-state index contributed by atoms with van der Waals surface area (Å²) in [5.41, 5.74) is 2.60. The number of carbonyl (C=O) groups excluding carboxylic acids is 1. The molecule has 5 nitrogen and oxygen atoms in total. The Hall–Kier alpha value is -1.63. The van der Waals surface area contributed by atoms with Crippen molar-refractivity contribution in [2.24, 2.45) is 0 Å². The fraction of sp³-hybridized carbons (Fsp3) is 0.375. The van der Waals surface area contributed by atoms with E-state index in [1.807, 2.05) is 31.3 Å². The highest BCUT2D eigenvalue weighted by Crippen LogP contribution is 2.32. The van der Waals surface area contributed by atoms with Crippen LogP contribution in [0.4, 0.5) is 11.4 Å². The number of anilines is 2. The monoisotopic (exact) mass is 351 g/mol. The van der Waals surface area contributed by atoms with Crippen LogP contribution in [0.5, 0.6) is 0 Å².